The zero-order valence-corrected chi connectivity index (χ0v) is 11.6. The van der Waals surface area contributed by atoms with E-state index in [1.807, 2.05) is 11.8 Å². The van der Waals surface area contributed by atoms with Gasteiger partial charge in [0.25, 0.3) is 0 Å². The van der Waals surface area contributed by atoms with E-state index in [1.54, 1.807) is 0 Å². The monoisotopic (exact) mass is 267 g/mol. The summed E-state index contributed by atoms with van der Waals surface area (Å²) >= 11 is 1.88. The fraction of sp³-hybridized carbons (Fsp3) is 0.176. The first-order chi connectivity index (χ1) is 9.40. The molecule has 0 saturated carbocycles. The minimum Gasteiger partial charge on any atom is -0.372 e. The van der Waals surface area contributed by atoms with Crippen LogP contribution in [0.25, 0.3) is 0 Å². The molecule has 19 heavy (non-hydrogen) atoms. The van der Waals surface area contributed by atoms with Gasteiger partial charge in [-0.1, -0.05) is 60.3 Å². The molecule has 1 aliphatic heterocycles. The normalized spacial score (nSPS) is 14.5. The Morgan fingerprint density at radius 3 is 2.32 bits per heavy atom. The molecule has 2 aromatic carbocycles. The van der Waals surface area contributed by atoms with E-state index < -0.39 is 0 Å². The van der Waals surface area contributed by atoms with Gasteiger partial charge in [-0.05, 0) is 24.1 Å². The van der Waals surface area contributed by atoms with E-state index in [9.17, 15) is 0 Å². The number of nitrogens with zero attached hydrogens (tertiary/aromatic N) is 1. The number of thioether (sulfide) groups is 1. The van der Waals surface area contributed by atoms with Crippen LogP contribution in [0, 0.1) is 0 Å². The van der Waals surface area contributed by atoms with Gasteiger partial charge in [0.05, 0.1) is 0 Å². The molecule has 1 aliphatic rings. The lowest BCUT2D eigenvalue weighted by Crippen LogP contribution is -2.13. The smallest absolute Gasteiger partial charge is 0.0424 e. The van der Waals surface area contributed by atoms with E-state index in [-0.39, 0.29) is 0 Å². The summed E-state index contributed by atoms with van der Waals surface area (Å²) in [7, 11) is 0. The summed E-state index contributed by atoms with van der Waals surface area (Å²) in [6, 6.07) is 21.3. The Hall–Kier alpha value is -1.67. The van der Waals surface area contributed by atoms with Crippen LogP contribution in [0.5, 0.6) is 0 Å². The Morgan fingerprint density at radius 2 is 1.58 bits per heavy atom. The average Bonchev–Trinajstić information content (AvgIpc) is 2.88. The Morgan fingerprint density at radius 1 is 0.895 bits per heavy atom. The maximum Gasteiger partial charge on any atom is 0.0424 e. The highest BCUT2D eigenvalue weighted by atomic mass is 32.2. The lowest BCUT2D eigenvalue weighted by molar-refractivity contribution is 0.400. The fourth-order valence-electron chi connectivity index (χ4n) is 2.25. The summed E-state index contributed by atoms with van der Waals surface area (Å²) in [4.78, 5) is 5.19. The van der Waals surface area contributed by atoms with E-state index in [2.05, 4.69) is 71.8 Å². The van der Waals surface area contributed by atoms with Gasteiger partial charge in [-0.3, -0.25) is 0 Å². The van der Waals surface area contributed by atoms with E-state index in [4.69, 9.17) is 0 Å². The Balaban J connectivity index is 1.62. The largest absolute Gasteiger partial charge is 0.372 e. The van der Waals surface area contributed by atoms with Gasteiger partial charge in [0.1, 0.15) is 0 Å². The van der Waals surface area contributed by atoms with Gasteiger partial charge in [-0.25, -0.2) is 0 Å². The minimum atomic E-state index is 1.01. The van der Waals surface area contributed by atoms with Crippen LogP contribution in [0.15, 0.2) is 76.7 Å². The van der Waals surface area contributed by atoms with Crippen molar-refractivity contribution in [3.63, 3.8) is 0 Å². The predicted molar refractivity (Wildman–Crippen MR) is 81.9 cm³/mol. The van der Waals surface area contributed by atoms with Gasteiger partial charge >= 0.3 is 0 Å². The van der Waals surface area contributed by atoms with Gasteiger partial charge in [0.2, 0.25) is 0 Å². The third-order valence-corrected chi connectivity index (χ3v) is 4.27. The van der Waals surface area contributed by atoms with Gasteiger partial charge in [-0.2, -0.15) is 0 Å². The molecule has 0 radical (unpaired) electrons. The summed E-state index contributed by atoms with van der Waals surface area (Å²) in [5.74, 6) is 0. The van der Waals surface area contributed by atoms with Gasteiger partial charge in [-0.15, -0.1) is 0 Å². The zero-order valence-electron chi connectivity index (χ0n) is 10.8. The van der Waals surface area contributed by atoms with Crippen LogP contribution in [0.4, 0.5) is 0 Å². The van der Waals surface area contributed by atoms with Crippen molar-refractivity contribution in [3.05, 3.63) is 77.3 Å². The molecule has 0 aliphatic carbocycles. The molecule has 0 fully saturated rings. The molecule has 0 unspecified atom stereocenters. The van der Waals surface area contributed by atoms with Crippen LogP contribution >= 0.6 is 11.8 Å². The summed E-state index contributed by atoms with van der Waals surface area (Å²) in [6.07, 6.45) is 3.47. The molecule has 0 saturated heterocycles. The summed E-state index contributed by atoms with van der Waals surface area (Å²) in [5.41, 5.74) is 1.38. The van der Waals surface area contributed by atoms with E-state index in [0.29, 0.717) is 0 Å². The highest BCUT2D eigenvalue weighted by molar-refractivity contribution is 8.03. The molecule has 0 bridgehead atoms. The molecule has 0 N–H and O–H groups in total. The molecule has 0 atom stereocenters. The van der Waals surface area contributed by atoms with Gasteiger partial charge < -0.3 is 4.90 Å². The first kappa shape index (κ1) is 12.4. The minimum absolute atomic E-state index is 1.01. The van der Waals surface area contributed by atoms with E-state index in [0.717, 1.165) is 19.5 Å². The average molecular weight is 267 g/mol. The van der Waals surface area contributed by atoms with Gasteiger partial charge in [0, 0.05) is 29.1 Å². The maximum atomic E-state index is 2.40. The highest BCUT2D eigenvalue weighted by Gasteiger charge is 2.13. The summed E-state index contributed by atoms with van der Waals surface area (Å²) < 4.78 is 0. The lowest BCUT2D eigenvalue weighted by Gasteiger charge is -2.14. The fourth-order valence-corrected chi connectivity index (χ4v) is 3.24. The van der Waals surface area contributed by atoms with Crippen molar-refractivity contribution in [1.82, 2.24) is 4.90 Å². The summed E-state index contributed by atoms with van der Waals surface area (Å²) in [5, 5.41) is 0. The number of rotatable bonds is 4. The van der Waals surface area contributed by atoms with Crippen molar-refractivity contribution in [3.8, 4) is 0 Å². The molecule has 1 heterocycles. The Labute approximate surface area is 119 Å². The van der Waals surface area contributed by atoms with Crippen molar-refractivity contribution in [2.45, 2.75) is 17.9 Å². The zero-order chi connectivity index (χ0) is 12.9. The SMILES string of the molecule is C1=C(Sc2ccccc2)CCN1Cc1ccccc1. The maximum absolute atomic E-state index is 2.40. The van der Waals surface area contributed by atoms with Crippen LogP contribution in [0.1, 0.15) is 12.0 Å². The first-order valence-corrected chi connectivity index (χ1v) is 7.43. The van der Waals surface area contributed by atoms with Crippen molar-refractivity contribution >= 4 is 11.8 Å². The van der Waals surface area contributed by atoms with Crippen LogP contribution in [-0.2, 0) is 6.54 Å². The van der Waals surface area contributed by atoms with E-state index in [1.165, 1.54) is 15.4 Å². The molecule has 0 amide bonds. The van der Waals surface area contributed by atoms with Crippen LogP contribution in [0.3, 0.4) is 0 Å². The number of hydrogen-bond donors (Lipinski definition) is 0. The van der Waals surface area contributed by atoms with E-state index >= 15 is 0 Å². The third-order valence-electron chi connectivity index (χ3n) is 3.19. The second-order valence-electron chi connectivity index (χ2n) is 4.72. The molecule has 0 aromatic heterocycles. The molecule has 2 heteroatoms. The van der Waals surface area contributed by atoms with Crippen LogP contribution in [0.2, 0.25) is 0 Å². The second-order valence-corrected chi connectivity index (χ2v) is 5.92. The van der Waals surface area contributed by atoms with Crippen LogP contribution in [-0.4, -0.2) is 11.4 Å². The number of hydrogen-bond acceptors (Lipinski definition) is 2. The number of benzene rings is 2. The second kappa shape index (κ2) is 5.98. The molecule has 0 spiro atoms. The molecule has 2 aromatic rings. The quantitative estimate of drug-likeness (QED) is 0.801. The van der Waals surface area contributed by atoms with Crippen molar-refractivity contribution in [2.75, 3.05) is 6.54 Å². The van der Waals surface area contributed by atoms with Crippen LogP contribution < -0.4 is 0 Å². The summed E-state index contributed by atoms with van der Waals surface area (Å²) in [6.45, 7) is 2.14. The highest BCUT2D eigenvalue weighted by Crippen LogP contribution is 2.32. The van der Waals surface area contributed by atoms with Gasteiger partial charge in [0.15, 0.2) is 0 Å². The predicted octanol–water partition coefficient (Wildman–Crippen LogP) is 4.53. The topological polar surface area (TPSA) is 3.24 Å². The lowest BCUT2D eigenvalue weighted by atomic mass is 10.2. The first-order valence-electron chi connectivity index (χ1n) is 6.62. The van der Waals surface area contributed by atoms with Crippen molar-refractivity contribution in [1.29, 1.82) is 0 Å². The standard InChI is InChI=1S/C17H17NS/c1-3-7-15(8-4-1)13-18-12-11-17(14-18)19-16-9-5-2-6-10-16/h1-10,14H,11-13H2. The third kappa shape index (κ3) is 3.42. The molecule has 1 nitrogen and oxygen atoms in total. The van der Waals surface area contributed by atoms with Crippen molar-refractivity contribution < 1.29 is 0 Å². The van der Waals surface area contributed by atoms with Crippen molar-refractivity contribution in [2.24, 2.45) is 0 Å². The Bertz CT molecular complexity index is 548. The molecular weight excluding hydrogens is 250 g/mol. The molecular formula is C17H17NS. The Kier molecular flexibility index (Phi) is 3.89. The molecule has 96 valence electrons. The molecule has 3 rings (SSSR count).